The van der Waals surface area contributed by atoms with Gasteiger partial charge >= 0.3 is 0 Å². The molecular weight excluding hydrogens is 204 g/mol. The van der Waals surface area contributed by atoms with Crippen molar-refractivity contribution in [3.8, 4) is 0 Å². The van der Waals surface area contributed by atoms with Gasteiger partial charge in [-0.1, -0.05) is 0 Å². The molecule has 86 valence electrons. The SMILES string of the molecule is CCn1ccnc1C(NN)c1cnn(C)c1. The number of nitrogens with one attached hydrogen (secondary N) is 1. The quantitative estimate of drug-likeness (QED) is 0.570. The first-order valence-electron chi connectivity index (χ1n) is 5.22. The van der Waals surface area contributed by atoms with Crippen LogP contribution in [0.2, 0.25) is 0 Å². The van der Waals surface area contributed by atoms with Crippen LogP contribution in [0.4, 0.5) is 0 Å². The zero-order valence-electron chi connectivity index (χ0n) is 9.46. The van der Waals surface area contributed by atoms with Crippen LogP contribution in [0.5, 0.6) is 0 Å². The lowest BCUT2D eigenvalue weighted by molar-refractivity contribution is 0.560. The second kappa shape index (κ2) is 4.46. The predicted octanol–water partition coefficient (Wildman–Crippen LogP) is 0.189. The molecule has 2 aromatic rings. The van der Waals surface area contributed by atoms with E-state index in [2.05, 4.69) is 27.0 Å². The van der Waals surface area contributed by atoms with Gasteiger partial charge < -0.3 is 4.57 Å². The molecule has 16 heavy (non-hydrogen) atoms. The zero-order chi connectivity index (χ0) is 11.5. The third kappa shape index (κ3) is 1.84. The molecule has 2 rings (SSSR count). The topological polar surface area (TPSA) is 73.7 Å². The van der Waals surface area contributed by atoms with Crippen LogP contribution in [0.3, 0.4) is 0 Å². The van der Waals surface area contributed by atoms with Crippen molar-refractivity contribution in [2.45, 2.75) is 19.5 Å². The average molecular weight is 220 g/mol. The van der Waals surface area contributed by atoms with Crippen LogP contribution < -0.4 is 11.3 Å². The molecular formula is C10H16N6. The summed E-state index contributed by atoms with van der Waals surface area (Å²) in [5.41, 5.74) is 3.78. The van der Waals surface area contributed by atoms with E-state index in [1.165, 1.54) is 0 Å². The van der Waals surface area contributed by atoms with E-state index in [4.69, 9.17) is 5.84 Å². The molecule has 0 aliphatic heterocycles. The van der Waals surface area contributed by atoms with Crippen molar-refractivity contribution in [1.29, 1.82) is 0 Å². The van der Waals surface area contributed by atoms with E-state index in [9.17, 15) is 0 Å². The molecule has 6 heteroatoms. The Labute approximate surface area is 94.1 Å². The van der Waals surface area contributed by atoms with Crippen molar-refractivity contribution in [3.05, 3.63) is 36.2 Å². The predicted molar refractivity (Wildman–Crippen MR) is 60.3 cm³/mol. The first kappa shape index (κ1) is 10.8. The van der Waals surface area contributed by atoms with E-state index in [1.807, 2.05) is 19.4 Å². The number of aryl methyl sites for hydroxylation is 2. The van der Waals surface area contributed by atoms with Gasteiger partial charge in [0.25, 0.3) is 0 Å². The highest BCUT2D eigenvalue weighted by Gasteiger charge is 2.18. The summed E-state index contributed by atoms with van der Waals surface area (Å²) >= 11 is 0. The van der Waals surface area contributed by atoms with Gasteiger partial charge in [0.1, 0.15) is 11.9 Å². The van der Waals surface area contributed by atoms with Gasteiger partial charge in [-0.3, -0.25) is 10.5 Å². The van der Waals surface area contributed by atoms with Crippen LogP contribution in [-0.4, -0.2) is 19.3 Å². The number of hydrazine groups is 1. The molecule has 0 fully saturated rings. The summed E-state index contributed by atoms with van der Waals surface area (Å²) in [6, 6.07) is -0.122. The highest BCUT2D eigenvalue weighted by atomic mass is 15.3. The van der Waals surface area contributed by atoms with E-state index in [0.717, 1.165) is 17.9 Å². The highest BCUT2D eigenvalue weighted by molar-refractivity contribution is 5.19. The molecule has 0 saturated heterocycles. The largest absolute Gasteiger partial charge is 0.334 e. The summed E-state index contributed by atoms with van der Waals surface area (Å²) in [5.74, 6) is 6.49. The number of nitrogens with two attached hydrogens (primary N) is 1. The van der Waals surface area contributed by atoms with Crippen molar-refractivity contribution >= 4 is 0 Å². The molecule has 0 aromatic carbocycles. The van der Waals surface area contributed by atoms with Gasteiger partial charge in [-0.15, -0.1) is 0 Å². The molecule has 0 saturated carbocycles. The summed E-state index contributed by atoms with van der Waals surface area (Å²) in [6.45, 7) is 2.94. The summed E-state index contributed by atoms with van der Waals surface area (Å²) < 4.78 is 3.80. The molecule has 0 aliphatic rings. The molecule has 2 aromatic heterocycles. The van der Waals surface area contributed by atoms with Crippen molar-refractivity contribution in [1.82, 2.24) is 24.8 Å². The molecule has 2 heterocycles. The fraction of sp³-hybridized carbons (Fsp3) is 0.400. The van der Waals surface area contributed by atoms with Crippen LogP contribution in [0.25, 0.3) is 0 Å². The standard InChI is InChI=1S/C10H16N6/c1-3-16-5-4-12-10(16)9(14-11)8-6-13-15(2)7-8/h4-7,9,14H,3,11H2,1-2H3. The number of aromatic nitrogens is 4. The van der Waals surface area contributed by atoms with Crippen LogP contribution in [-0.2, 0) is 13.6 Å². The fourth-order valence-electron chi connectivity index (χ4n) is 1.76. The highest BCUT2D eigenvalue weighted by Crippen LogP contribution is 2.18. The summed E-state index contributed by atoms with van der Waals surface area (Å²) in [5, 5.41) is 4.13. The van der Waals surface area contributed by atoms with Gasteiger partial charge in [0, 0.05) is 37.7 Å². The maximum absolute atomic E-state index is 5.59. The Morgan fingerprint density at radius 1 is 1.56 bits per heavy atom. The summed E-state index contributed by atoms with van der Waals surface area (Å²) in [7, 11) is 1.88. The molecule has 0 aliphatic carbocycles. The third-order valence-electron chi connectivity index (χ3n) is 2.57. The van der Waals surface area contributed by atoms with Crippen LogP contribution >= 0.6 is 0 Å². The Balaban J connectivity index is 2.36. The second-order valence-corrected chi connectivity index (χ2v) is 3.62. The van der Waals surface area contributed by atoms with Gasteiger partial charge in [-0.25, -0.2) is 10.4 Å². The number of hydrogen-bond donors (Lipinski definition) is 2. The van der Waals surface area contributed by atoms with E-state index in [-0.39, 0.29) is 6.04 Å². The van der Waals surface area contributed by atoms with Gasteiger partial charge in [0.15, 0.2) is 0 Å². The Morgan fingerprint density at radius 2 is 2.38 bits per heavy atom. The Bertz CT molecular complexity index is 457. The minimum Gasteiger partial charge on any atom is -0.334 e. The Morgan fingerprint density at radius 3 is 2.94 bits per heavy atom. The van der Waals surface area contributed by atoms with Gasteiger partial charge in [-0.05, 0) is 6.92 Å². The lowest BCUT2D eigenvalue weighted by atomic mass is 10.1. The maximum atomic E-state index is 5.59. The molecule has 0 radical (unpaired) electrons. The Kier molecular flexibility index (Phi) is 3.02. The van der Waals surface area contributed by atoms with Crippen molar-refractivity contribution < 1.29 is 0 Å². The van der Waals surface area contributed by atoms with E-state index in [0.29, 0.717) is 0 Å². The van der Waals surface area contributed by atoms with Crippen LogP contribution in [0.15, 0.2) is 24.8 Å². The second-order valence-electron chi connectivity index (χ2n) is 3.62. The van der Waals surface area contributed by atoms with Crippen LogP contribution in [0.1, 0.15) is 24.4 Å². The van der Waals surface area contributed by atoms with Gasteiger partial charge in [-0.2, -0.15) is 5.10 Å². The summed E-state index contributed by atoms with van der Waals surface area (Å²) in [4.78, 5) is 4.33. The molecule has 0 bridgehead atoms. The first-order chi connectivity index (χ1) is 7.76. The summed E-state index contributed by atoms with van der Waals surface area (Å²) in [6.07, 6.45) is 7.44. The van der Waals surface area contributed by atoms with E-state index >= 15 is 0 Å². The van der Waals surface area contributed by atoms with E-state index in [1.54, 1.807) is 17.1 Å². The van der Waals surface area contributed by atoms with Gasteiger partial charge in [0.05, 0.1) is 6.20 Å². The smallest absolute Gasteiger partial charge is 0.131 e. The van der Waals surface area contributed by atoms with Gasteiger partial charge in [0.2, 0.25) is 0 Å². The molecule has 3 N–H and O–H groups in total. The minimum atomic E-state index is -0.122. The minimum absolute atomic E-state index is 0.122. The molecule has 0 amide bonds. The monoisotopic (exact) mass is 220 g/mol. The first-order valence-corrected chi connectivity index (χ1v) is 5.22. The molecule has 6 nitrogen and oxygen atoms in total. The maximum Gasteiger partial charge on any atom is 0.131 e. The fourth-order valence-corrected chi connectivity index (χ4v) is 1.76. The molecule has 1 unspecified atom stereocenters. The Hall–Kier alpha value is -1.66. The molecule has 0 spiro atoms. The zero-order valence-corrected chi connectivity index (χ0v) is 9.46. The van der Waals surface area contributed by atoms with E-state index < -0.39 is 0 Å². The molecule has 1 atom stereocenters. The lowest BCUT2D eigenvalue weighted by Crippen LogP contribution is -2.30. The van der Waals surface area contributed by atoms with Crippen LogP contribution in [0, 0.1) is 0 Å². The van der Waals surface area contributed by atoms with Crippen molar-refractivity contribution in [3.63, 3.8) is 0 Å². The van der Waals surface area contributed by atoms with Crippen molar-refractivity contribution in [2.75, 3.05) is 0 Å². The van der Waals surface area contributed by atoms with Crippen molar-refractivity contribution in [2.24, 2.45) is 12.9 Å². The average Bonchev–Trinajstić information content (AvgIpc) is 2.89. The normalized spacial score (nSPS) is 12.9. The number of rotatable bonds is 4. The lowest BCUT2D eigenvalue weighted by Gasteiger charge is -2.14. The number of imidazole rings is 1. The number of hydrogen-bond acceptors (Lipinski definition) is 4. The third-order valence-corrected chi connectivity index (χ3v) is 2.57. The number of nitrogens with zero attached hydrogens (tertiary/aromatic N) is 4.